The van der Waals surface area contributed by atoms with E-state index in [1.54, 1.807) is 0 Å². The van der Waals surface area contributed by atoms with Crippen molar-refractivity contribution in [3.05, 3.63) is 24.0 Å². The molecule has 0 saturated heterocycles. The summed E-state index contributed by atoms with van der Waals surface area (Å²) in [4.78, 5) is 4.38. The van der Waals surface area contributed by atoms with Crippen LogP contribution < -0.4 is 10.1 Å². The summed E-state index contributed by atoms with van der Waals surface area (Å²) in [6.07, 6.45) is 10.6. The number of ether oxygens (including phenoxy) is 1. The van der Waals surface area contributed by atoms with Gasteiger partial charge in [-0.25, -0.2) is 0 Å². The minimum absolute atomic E-state index is 0.414. The van der Waals surface area contributed by atoms with Gasteiger partial charge in [-0.1, -0.05) is 33.1 Å². The topological polar surface area (TPSA) is 34.2 Å². The molecule has 1 aliphatic rings. The molecule has 0 aliphatic heterocycles. The van der Waals surface area contributed by atoms with E-state index < -0.39 is 0 Å². The molecule has 1 heterocycles. The molecule has 1 N–H and O–H groups in total. The lowest BCUT2D eigenvalue weighted by Gasteiger charge is -2.35. The first kappa shape index (κ1) is 16.3. The van der Waals surface area contributed by atoms with Crippen molar-refractivity contribution in [2.75, 3.05) is 13.2 Å². The van der Waals surface area contributed by atoms with E-state index in [9.17, 15) is 0 Å². The second-order valence-electron chi connectivity index (χ2n) is 6.12. The number of aromatic nitrogens is 1. The molecular formula is C18H30N2O. The van der Waals surface area contributed by atoms with E-state index in [4.69, 9.17) is 4.74 Å². The summed E-state index contributed by atoms with van der Waals surface area (Å²) in [7, 11) is 0. The van der Waals surface area contributed by atoms with Gasteiger partial charge in [-0.15, -0.1) is 0 Å². The quantitative estimate of drug-likeness (QED) is 0.810. The third-order valence-electron chi connectivity index (χ3n) is 4.70. The Kier molecular flexibility index (Phi) is 6.50. The fourth-order valence-electron chi connectivity index (χ4n) is 3.63. The highest BCUT2D eigenvalue weighted by molar-refractivity contribution is 5.26. The van der Waals surface area contributed by atoms with Crippen molar-refractivity contribution in [2.24, 2.45) is 11.8 Å². The number of nitrogens with one attached hydrogen (secondary N) is 1. The van der Waals surface area contributed by atoms with Crippen LogP contribution in [0.2, 0.25) is 0 Å². The number of rotatable bonds is 7. The van der Waals surface area contributed by atoms with E-state index in [1.807, 2.05) is 19.3 Å². The van der Waals surface area contributed by atoms with Gasteiger partial charge in [0.2, 0.25) is 0 Å². The van der Waals surface area contributed by atoms with Crippen LogP contribution in [0.25, 0.3) is 0 Å². The summed E-state index contributed by atoms with van der Waals surface area (Å²) >= 11 is 0. The molecule has 3 atom stereocenters. The summed E-state index contributed by atoms with van der Waals surface area (Å²) in [5, 5.41) is 3.69. The molecule has 1 aliphatic carbocycles. The summed E-state index contributed by atoms with van der Waals surface area (Å²) in [6.45, 7) is 8.22. The Balaban J connectivity index is 2.15. The zero-order chi connectivity index (χ0) is 15.1. The molecule has 2 rings (SSSR count). The minimum atomic E-state index is 0.414. The highest BCUT2D eigenvalue weighted by Crippen LogP contribution is 2.38. The van der Waals surface area contributed by atoms with Gasteiger partial charge in [0.15, 0.2) is 0 Å². The lowest BCUT2D eigenvalue weighted by Crippen LogP contribution is -2.31. The first-order valence-corrected chi connectivity index (χ1v) is 8.59. The second-order valence-corrected chi connectivity index (χ2v) is 6.12. The normalized spacial score (nSPS) is 23.8. The summed E-state index contributed by atoms with van der Waals surface area (Å²) in [5.74, 6) is 2.51. The molecule has 0 amide bonds. The molecule has 1 aromatic heterocycles. The van der Waals surface area contributed by atoms with Crippen LogP contribution in [0.4, 0.5) is 0 Å². The molecule has 3 unspecified atom stereocenters. The second kappa shape index (κ2) is 8.38. The van der Waals surface area contributed by atoms with Crippen molar-refractivity contribution < 1.29 is 4.74 Å². The highest BCUT2D eigenvalue weighted by atomic mass is 16.5. The predicted octanol–water partition coefficient (Wildman–Crippen LogP) is 4.35. The summed E-state index contributed by atoms with van der Waals surface area (Å²) < 4.78 is 5.61. The Morgan fingerprint density at radius 2 is 2.14 bits per heavy atom. The standard InChI is InChI=1S/C18H30N2O/c1-4-14-8-7-9-15(10-14)18(20-5-2)16-11-17(21-6-3)13-19-12-16/h11-15,18,20H,4-10H2,1-3H3. The fraction of sp³-hybridized carbons (Fsp3) is 0.722. The van der Waals surface area contributed by atoms with E-state index in [2.05, 4.69) is 30.2 Å². The van der Waals surface area contributed by atoms with Gasteiger partial charge in [-0.3, -0.25) is 4.98 Å². The Bertz CT molecular complexity index is 421. The van der Waals surface area contributed by atoms with E-state index in [-0.39, 0.29) is 0 Å². The SMILES string of the molecule is CCNC(c1cncc(OCC)c1)C1CCCC(CC)C1. The van der Waals surface area contributed by atoms with Crippen LogP contribution >= 0.6 is 0 Å². The van der Waals surface area contributed by atoms with Crippen molar-refractivity contribution in [1.82, 2.24) is 10.3 Å². The predicted molar refractivity (Wildman–Crippen MR) is 87.6 cm³/mol. The van der Waals surface area contributed by atoms with Crippen LogP contribution in [-0.2, 0) is 0 Å². The van der Waals surface area contributed by atoms with Crippen molar-refractivity contribution in [3.63, 3.8) is 0 Å². The molecule has 118 valence electrons. The van der Waals surface area contributed by atoms with Crippen molar-refractivity contribution in [1.29, 1.82) is 0 Å². The number of pyridine rings is 1. The van der Waals surface area contributed by atoms with E-state index in [1.165, 1.54) is 37.7 Å². The first-order valence-electron chi connectivity index (χ1n) is 8.59. The Hall–Kier alpha value is -1.09. The van der Waals surface area contributed by atoms with Crippen LogP contribution in [-0.4, -0.2) is 18.1 Å². The largest absolute Gasteiger partial charge is 0.492 e. The average Bonchev–Trinajstić information content (AvgIpc) is 2.53. The molecule has 21 heavy (non-hydrogen) atoms. The molecule has 1 fully saturated rings. The van der Waals surface area contributed by atoms with Gasteiger partial charge in [0.1, 0.15) is 5.75 Å². The maximum absolute atomic E-state index is 5.61. The number of nitrogens with zero attached hydrogens (tertiary/aromatic N) is 1. The van der Waals surface area contributed by atoms with Gasteiger partial charge in [0.25, 0.3) is 0 Å². The maximum Gasteiger partial charge on any atom is 0.137 e. The minimum Gasteiger partial charge on any atom is -0.492 e. The van der Waals surface area contributed by atoms with Gasteiger partial charge < -0.3 is 10.1 Å². The smallest absolute Gasteiger partial charge is 0.137 e. The average molecular weight is 290 g/mol. The number of hydrogen-bond donors (Lipinski definition) is 1. The van der Waals surface area contributed by atoms with Gasteiger partial charge in [0.05, 0.1) is 12.8 Å². The zero-order valence-electron chi connectivity index (χ0n) is 13.8. The molecular weight excluding hydrogens is 260 g/mol. The fourth-order valence-corrected chi connectivity index (χ4v) is 3.63. The molecule has 0 bridgehead atoms. The Labute approximate surface area is 129 Å². The maximum atomic E-state index is 5.61. The molecule has 0 radical (unpaired) electrons. The molecule has 3 nitrogen and oxygen atoms in total. The van der Waals surface area contributed by atoms with Crippen LogP contribution in [0, 0.1) is 11.8 Å². The van der Waals surface area contributed by atoms with Gasteiger partial charge >= 0.3 is 0 Å². The molecule has 1 aromatic rings. The first-order chi connectivity index (χ1) is 10.3. The third kappa shape index (κ3) is 4.44. The number of hydrogen-bond acceptors (Lipinski definition) is 3. The Morgan fingerprint density at radius 1 is 1.29 bits per heavy atom. The summed E-state index contributed by atoms with van der Waals surface area (Å²) in [5.41, 5.74) is 1.28. The molecule has 1 saturated carbocycles. The monoisotopic (exact) mass is 290 g/mol. The van der Waals surface area contributed by atoms with Crippen LogP contribution in [0.5, 0.6) is 5.75 Å². The van der Waals surface area contributed by atoms with Crippen LogP contribution in [0.15, 0.2) is 18.5 Å². The van der Waals surface area contributed by atoms with Crippen LogP contribution in [0.1, 0.15) is 64.5 Å². The molecule has 0 aromatic carbocycles. The van der Waals surface area contributed by atoms with E-state index >= 15 is 0 Å². The highest BCUT2D eigenvalue weighted by Gasteiger charge is 2.28. The van der Waals surface area contributed by atoms with Crippen LogP contribution in [0.3, 0.4) is 0 Å². The van der Waals surface area contributed by atoms with E-state index in [0.717, 1.165) is 24.1 Å². The van der Waals surface area contributed by atoms with Gasteiger partial charge in [-0.05, 0) is 49.8 Å². The summed E-state index contributed by atoms with van der Waals surface area (Å²) in [6, 6.07) is 2.58. The lowest BCUT2D eigenvalue weighted by molar-refractivity contribution is 0.210. The molecule has 0 spiro atoms. The van der Waals surface area contributed by atoms with Crippen molar-refractivity contribution >= 4 is 0 Å². The van der Waals surface area contributed by atoms with Crippen molar-refractivity contribution in [2.45, 2.75) is 58.9 Å². The lowest BCUT2D eigenvalue weighted by atomic mass is 9.75. The third-order valence-corrected chi connectivity index (χ3v) is 4.70. The Morgan fingerprint density at radius 3 is 2.86 bits per heavy atom. The van der Waals surface area contributed by atoms with Gasteiger partial charge in [0, 0.05) is 12.2 Å². The van der Waals surface area contributed by atoms with Gasteiger partial charge in [-0.2, -0.15) is 0 Å². The van der Waals surface area contributed by atoms with E-state index in [0.29, 0.717) is 12.6 Å². The zero-order valence-corrected chi connectivity index (χ0v) is 13.8. The van der Waals surface area contributed by atoms with Crippen molar-refractivity contribution in [3.8, 4) is 5.75 Å². The molecule has 3 heteroatoms.